The Morgan fingerprint density at radius 3 is 1.67 bits per heavy atom. The fourth-order valence-corrected chi connectivity index (χ4v) is 8.59. The molecule has 1 aliphatic heterocycles. The number of nitrogens with zero attached hydrogens (tertiary/aromatic N) is 2. The van der Waals surface area contributed by atoms with Crippen LogP contribution in [0.1, 0.15) is 253 Å². The summed E-state index contributed by atoms with van der Waals surface area (Å²) in [5.41, 5.74) is 0. The maximum Gasteiger partial charge on any atom is 0.307 e. The molecule has 0 aromatic carbocycles. The van der Waals surface area contributed by atoms with Crippen LogP contribution < -0.4 is 0 Å². The standard InChI is InChI=1S/C52H100N2O7/c1-5-8-11-14-17-18-19-25-33-44-59-50(56)37-31-26-32-40-54-46-49(61-52(58)39-41-53(4)42-43-55)45-47(54)34-27-21-20-24-30-38-51(57)60-48(35-28-22-15-12-9-6-2)36-29-23-16-13-10-7-3/h47-49,55H,5-46H2,1-4H3/t47-,49?/m0/s1/i47D. The minimum atomic E-state index is -0.794. The average molecular weight is 866 g/mol. The number of unbranched alkanes of at least 4 members (excludes halogenated alkanes) is 24. The van der Waals surface area contributed by atoms with Crippen molar-refractivity contribution in [2.45, 2.75) is 270 Å². The summed E-state index contributed by atoms with van der Waals surface area (Å²) in [6, 6.07) is -0.794. The molecule has 1 unspecified atom stereocenters. The van der Waals surface area contributed by atoms with E-state index in [0.717, 1.165) is 96.4 Å². The number of aliphatic hydroxyl groups is 1. The number of esters is 3. The summed E-state index contributed by atoms with van der Waals surface area (Å²) in [7, 11) is 1.88. The van der Waals surface area contributed by atoms with Gasteiger partial charge in [0, 0.05) is 46.3 Å². The molecule has 0 aromatic heterocycles. The number of carbonyl (C=O) groups is 3. The van der Waals surface area contributed by atoms with Gasteiger partial charge in [0.1, 0.15) is 12.2 Å². The second kappa shape index (κ2) is 42.3. The minimum absolute atomic E-state index is 0.0368. The maximum absolute atomic E-state index is 12.9. The Kier molecular flexibility index (Phi) is 38.4. The lowest BCUT2D eigenvalue weighted by Crippen LogP contribution is -2.31. The van der Waals surface area contributed by atoms with Gasteiger partial charge in [0.2, 0.25) is 0 Å². The van der Waals surface area contributed by atoms with Gasteiger partial charge in [-0.15, -0.1) is 0 Å². The highest BCUT2D eigenvalue weighted by Crippen LogP contribution is 2.27. The van der Waals surface area contributed by atoms with Gasteiger partial charge in [0.15, 0.2) is 0 Å². The smallest absolute Gasteiger partial charge is 0.307 e. The van der Waals surface area contributed by atoms with E-state index in [9.17, 15) is 20.9 Å². The fraction of sp³-hybridized carbons (Fsp3) is 0.942. The van der Waals surface area contributed by atoms with Crippen LogP contribution in [0.5, 0.6) is 0 Å². The van der Waals surface area contributed by atoms with Gasteiger partial charge in [0.25, 0.3) is 0 Å². The Balaban J connectivity index is 2.48. The van der Waals surface area contributed by atoms with E-state index >= 15 is 0 Å². The summed E-state index contributed by atoms with van der Waals surface area (Å²) in [4.78, 5) is 42.1. The number of likely N-dealkylation sites (N-methyl/N-ethyl adjacent to an activating group) is 1. The van der Waals surface area contributed by atoms with Gasteiger partial charge in [-0.25, -0.2) is 0 Å². The fourth-order valence-electron chi connectivity index (χ4n) is 8.59. The first kappa shape index (κ1) is 55.4. The van der Waals surface area contributed by atoms with Crippen molar-refractivity contribution >= 4 is 17.9 Å². The van der Waals surface area contributed by atoms with Crippen molar-refractivity contribution in [2.75, 3.05) is 46.4 Å². The molecule has 1 saturated heterocycles. The minimum Gasteiger partial charge on any atom is -0.466 e. The summed E-state index contributed by atoms with van der Waals surface area (Å²) < 4.78 is 27.0. The molecule has 1 N–H and O–H groups in total. The molecule has 9 heteroatoms. The lowest BCUT2D eigenvalue weighted by Gasteiger charge is -2.24. The zero-order valence-corrected chi connectivity index (χ0v) is 40.6. The van der Waals surface area contributed by atoms with Crippen molar-refractivity contribution in [3.63, 3.8) is 0 Å². The zero-order valence-electron chi connectivity index (χ0n) is 41.6. The highest BCUT2D eigenvalue weighted by molar-refractivity contribution is 5.70. The Morgan fingerprint density at radius 1 is 0.607 bits per heavy atom. The Labute approximate surface area is 378 Å². The molecule has 0 amide bonds. The molecule has 0 aromatic rings. The third-order valence-corrected chi connectivity index (χ3v) is 12.5. The van der Waals surface area contributed by atoms with Gasteiger partial charge < -0.3 is 24.2 Å². The monoisotopic (exact) mass is 866 g/mol. The average Bonchev–Trinajstić information content (AvgIpc) is 3.56. The van der Waals surface area contributed by atoms with Crippen LogP contribution in [0.2, 0.25) is 0 Å². The van der Waals surface area contributed by atoms with Gasteiger partial charge in [-0.2, -0.15) is 0 Å². The van der Waals surface area contributed by atoms with Crippen LogP contribution in [-0.4, -0.2) is 97.5 Å². The van der Waals surface area contributed by atoms with Crippen LogP contribution in [-0.2, 0) is 28.6 Å². The van der Waals surface area contributed by atoms with Crippen LogP contribution in [0.4, 0.5) is 0 Å². The quantitative estimate of drug-likeness (QED) is 0.0364. The third-order valence-electron chi connectivity index (χ3n) is 12.5. The van der Waals surface area contributed by atoms with Crippen molar-refractivity contribution in [3.8, 4) is 0 Å². The molecule has 1 heterocycles. The molecule has 360 valence electrons. The number of likely N-dealkylation sites (tertiary alicyclic amines) is 1. The van der Waals surface area contributed by atoms with Crippen molar-refractivity contribution in [3.05, 3.63) is 0 Å². The molecule has 1 fully saturated rings. The second-order valence-corrected chi connectivity index (χ2v) is 18.5. The van der Waals surface area contributed by atoms with Gasteiger partial charge in [-0.1, -0.05) is 168 Å². The number of ether oxygens (including phenoxy) is 3. The van der Waals surface area contributed by atoms with E-state index < -0.39 is 6.02 Å². The largest absolute Gasteiger partial charge is 0.466 e. The summed E-state index contributed by atoms with van der Waals surface area (Å²) in [6.45, 7) is 9.66. The summed E-state index contributed by atoms with van der Waals surface area (Å²) in [5.74, 6) is -0.393. The summed E-state index contributed by atoms with van der Waals surface area (Å²) in [6.07, 6.45) is 37.7. The van der Waals surface area contributed by atoms with Gasteiger partial charge in [0.05, 0.1) is 19.6 Å². The van der Waals surface area contributed by atoms with E-state index in [2.05, 4.69) is 25.7 Å². The highest BCUT2D eigenvalue weighted by Gasteiger charge is 2.33. The van der Waals surface area contributed by atoms with Crippen LogP contribution in [0.15, 0.2) is 0 Å². The van der Waals surface area contributed by atoms with Gasteiger partial charge >= 0.3 is 17.9 Å². The van der Waals surface area contributed by atoms with Crippen molar-refractivity contribution < 1.29 is 35.1 Å². The van der Waals surface area contributed by atoms with E-state index in [1.54, 1.807) is 0 Å². The summed E-state index contributed by atoms with van der Waals surface area (Å²) in [5, 5.41) is 9.19. The molecule has 0 bridgehead atoms. The third kappa shape index (κ3) is 35.3. The molecule has 0 spiro atoms. The normalized spacial score (nSPS) is 17.0. The van der Waals surface area contributed by atoms with E-state index in [0.29, 0.717) is 51.9 Å². The SMILES string of the molecule is [2H][C@]1(CCCCCCCC(=O)OC(CCCCCCCC)CCCCCCCC)CC(OC(=O)CCN(C)CCO)CN1CCCCCC(=O)OCCCCCCCCCCC. The first-order valence-electron chi connectivity index (χ1n) is 26.8. The van der Waals surface area contributed by atoms with Crippen LogP contribution in [0.3, 0.4) is 0 Å². The molecule has 1 aliphatic rings. The molecular weight excluding hydrogens is 765 g/mol. The zero-order chi connectivity index (χ0) is 45.4. The number of hydrogen-bond donors (Lipinski definition) is 1. The van der Waals surface area contributed by atoms with E-state index in [4.69, 9.17) is 14.2 Å². The first-order valence-corrected chi connectivity index (χ1v) is 26.3. The molecule has 0 radical (unpaired) electrons. The van der Waals surface area contributed by atoms with Crippen LogP contribution in [0.25, 0.3) is 0 Å². The summed E-state index contributed by atoms with van der Waals surface area (Å²) >= 11 is 0. The second-order valence-electron chi connectivity index (χ2n) is 18.5. The van der Waals surface area contributed by atoms with E-state index in [-0.39, 0.29) is 43.1 Å². The Morgan fingerprint density at radius 2 is 1.10 bits per heavy atom. The van der Waals surface area contributed by atoms with Gasteiger partial charge in [-0.3, -0.25) is 19.3 Å². The number of aliphatic hydroxyl groups excluding tert-OH is 1. The van der Waals surface area contributed by atoms with E-state index in [1.807, 2.05) is 11.9 Å². The topological polar surface area (TPSA) is 106 Å². The highest BCUT2D eigenvalue weighted by atomic mass is 16.5. The Bertz CT molecular complexity index is 1050. The molecule has 1 rings (SSSR count). The number of carbonyl (C=O) groups excluding carboxylic acids is 3. The molecule has 9 nitrogen and oxygen atoms in total. The number of rotatable bonds is 45. The molecule has 61 heavy (non-hydrogen) atoms. The maximum atomic E-state index is 12.9. The van der Waals surface area contributed by atoms with E-state index in [1.165, 1.54) is 109 Å². The Hall–Kier alpha value is -1.71. The lowest BCUT2D eigenvalue weighted by molar-refractivity contribution is -0.150. The number of hydrogen-bond acceptors (Lipinski definition) is 9. The first-order chi connectivity index (χ1) is 30.2. The van der Waals surface area contributed by atoms with Crippen molar-refractivity contribution in [1.82, 2.24) is 9.80 Å². The molecular formula is C52H100N2O7. The van der Waals surface area contributed by atoms with Crippen LogP contribution >= 0.6 is 0 Å². The van der Waals surface area contributed by atoms with Gasteiger partial charge in [-0.05, 0) is 71.4 Å². The van der Waals surface area contributed by atoms with Crippen molar-refractivity contribution in [2.24, 2.45) is 0 Å². The molecule has 2 atom stereocenters. The van der Waals surface area contributed by atoms with Crippen LogP contribution in [0, 0.1) is 0 Å². The molecule has 0 saturated carbocycles. The predicted molar refractivity (Wildman–Crippen MR) is 254 cm³/mol. The van der Waals surface area contributed by atoms with Crippen molar-refractivity contribution in [1.29, 1.82) is 0 Å². The molecule has 0 aliphatic carbocycles. The predicted octanol–water partition coefficient (Wildman–Crippen LogP) is 13.1. The lowest BCUT2D eigenvalue weighted by atomic mass is 10.0.